The molecular weight excluding hydrogens is 337 g/mol. The second kappa shape index (κ2) is 4.57. The van der Waals surface area contributed by atoms with Crippen LogP contribution in [0.4, 0.5) is 5.82 Å². The van der Waals surface area contributed by atoms with Crippen LogP contribution < -0.4 is 5.73 Å². The van der Waals surface area contributed by atoms with Gasteiger partial charge in [0, 0.05) is 5.56 Å². The first-order chi connectivity index (χ1) is 8.30. The Bertz CT molecular complexity index is 579. The van der Waals surface area contributed by atoms with E-state index >= 15 is 0 Å². The normalized spacial score (nSPS) is 11.8. The summed E-state index contributed by atoms with van der Waals surface area (Å²) in [7, 11) is 0. The van der Waals surface area contributed by atoms with Crippen molar-refractivity contribution in [1.82, 2.24) is 10.2 Å². The minimum absolute atomic E-state index is 0.138. The second-order valence-electron chi connectivity index (χ2n) is 5.58. The van der Waals surface area contributed by atoms with Gasteiger partial charge in [0.2, 0.25) is 0 Å². The molecule has 2 aromatic rings. The van der Waals surface area contributed by atoms with E-state index in [0.29, 0.717) is 5.82 Å². The maximum atomic E-state index is 5.80. The molecule has 1 aromatic carbocycles. The number of nitrogen functional groups attached to an aromatic ring is 1. The number of aryl methyl sites for hydroxylation is 1. The lowest BCUT2D eigenvalue weighted by molar-refractivity contribution is 0.590. The van der Waals surface area contributed by atoms with Gasteiger partial charge in [0.15, 0.2) is 5.82 Å². The third kappa shape index (κ3) is 2.39. The van der Waals surface area contributed by atoms with Crippen molar-refractivity contribution in [2.45, 2.75) is 33.1 Å². The molecule has 0 aliphatic carbocycles. The molecule has 18 heavy (non-hydrogen) atoms. The third-order valence-corrected chi connectivity index (χ3v) is 4.20. The van der Waals surface area contributed by atoms with Gasteiger partial charge < -0.3 is 5.73 Å². The number of nitrogens with zero attached hydrogens (tertiary/aromatic N) is 1. The number of nitrogens with two attached hydrogens (primary N) is 1. The molecule has 0 saturated heterocycles. The van der Waals surface area contributed by atoms with Crippen molar-refractivity contribution in [1.29, 1.82) is 0 Å². The summed E-state index contributed by atoms with van der Waals surface area (Å²) in [6.07, 6.45) is 0. The van der Waals surface area contributed by atoms with Crippen molar-refractivity contribution in [2.24, 2.45) is 0 Å². The molecule has 2 rings (SSSR count). The van der Waals surface area contributed by atoms with Crippen LogP contribution in [-0.4, -0.2) is 10.2 Å². The molecule has 3 N–H and O–H groups in total. The standard InChI is InChI=1S/C14H18IN3/c1-8-5-6-9(14(2,3)4)7-10(8)12-11(15)13(16)18-17-12/h5-7H,1-4H3,(H3,16,17,18). The van der Waals surface area contributed by atoms with Crippen LogP contribution in [0.3, 0.4) is 0 Å². The first-order valence-corrected chi connectivity index (χ1v) is 6.99. The highest BCUT2D eigenvalue weighted by atomic mass is 127. The molecule has 1 aromatic heterocycles. The first kappa shape index (κ1) is 13.4. The molecular formula is C14H18IN3. The van der Waals surface area contributed by atoms with Gasteiger partial charge in [0.1, 0.15) is 0 Å². The van der Waals surface area contributed by atoms with Gasteiger partial charge in [-0.1, -0.05) is 32.9 Å². The van der Waals surface area contributed by atoms with Gasteiger partial charge in [-0.3, -0.25) is 5.10 Å². The van der Waals surface area contributed by atoms with Crippen molar-refractivity contribution >= 4 is 28.4 Å². The van der Waals surface area contributed by atoms with Crippen LogP contribution in [0.5, 0.6) is 0 Å². The van der Waals surface area contributed by atoms with E-state index in [9.17, 15) is 0 Å². The van der Waals surface area contributed by atoms with Crippen LogP contribution in [-0.2, 0) is 5.41 Å². The number of anilines is 1. The van der Waals surface area contributed by atoms with E-state index in [2.05, 4.69) is 78.7 Å². The molecule has 1 heterocycles. The van der Waals surface area contributed by atoms with E-state index in [1.54, 1.807) is 0 Å². The molecule has 0 spiro atoms. The van der Waals surface area contributed by atoms with E-state index in [0.717, 1.165) is 9.26 Å². The van der Waals surface area contributed by atoms with Gasteiger partial charge in [-0.2, -0.15) is 5.10 Å². The van der Waals surface area contributed by atoms with Crippen LogP contribution in [0.25, 0.3) is 11.3 Å². The van der Waals surface area contributed by atoms with E-state index < -0.39 is 0 Å². The maximum absolute atomic E-state index is 5.80. The Labute approximate surface area is 121 Å². The van der Waals surface area contributed by atoms with E-state index in [1.165, 1.54) is 16.7 Å². The van der Waals surface area contributed by atoms with Crippen LogP contribution in [0.2, 0.25) is 0 Å². The Morgan fingerprint density at radius 2 is 1.94 bits per heavy atom. The molecule has 0 saturated carbocycles. The van der Waals surface area contributed by atoms with Gasteiger partial charge >= 0.3 is 0 Å². The fraction of sp³-hybridized carbons (Fsp3) is 0.357. The van der Waals surface area contributed by atoms with Crippen molar-refractivity contribution in [2.75, 3.05) is 5.73 Å². The quantitative estimate of drug-likeness (QED) is 0.763. The Morgan fingerprint density at radius 1 is 1.28 bits per heavy atom. The van der Waals surface area contributed by atoms with Crippen molar-refractivity contribution < 1.29 is 0 Å². The zero-order valence-corrected chi connectivity index (χ0v) is 13.3. The smallest absolute Gasteiger partial charge is 0.159 e. The number of H-pyrrole nitrogens is 1. The van der Waals surface area contributed by atoms with Crippen LogP contribution >= 0.6 is 22.6 Å². The van der Waals surface area contributed by atoms with Gasteiger partial charge in [0.05, 0.1) is 9.26 Å². The number of hydrogen-bond donors (Lipinski definition) is 2. The predicted octanol–water partition coefficient (Wildman–Crippen LogP) is 3.87. The van der Waals surface area contributed by atoms with Gasteiger partial charge in [0.25, 0.3) is 0 Å². The molecule has 0 amide bonds. The van der Waals surface area contributed by atoms with Crippen molar-refractivity contribution in [3.05, 3.63) is 32.9 Å². The molecule has 0 aliphatic rings. The molecule has 0 unspecified atom stereocenters. The lowest BCUT2D eigenvalue weighted by atomic mass is 9.85. The van der Waals surface area contributed by atoms with Crippen LogP contribution in [0.1, 0.15) is 31.9 Å². The average molecular weight is 355 g/mol. The topological polar surface area (TPSA) is 54.7 Å². The number of benzene rings is 1. The highest BCUT2D eigenvalue weighted by molar-refractivity contribution is 14.1. The number of aromatic nitrogens is 2. The maximum Gasteiger partial charge on any atom is 0.159 e. The summed E-state index contributed by atoms with van der Waals surface area (Å²) >= 11 is 2.23. The molecule has 4 heteroatoms. The largest absolute Gasteiger partial charge is 0.381 e. The Morgan fingerprint density at radius 3 is 2.44 bits per heavy atom. The van der Waals surface area contributed by atoms with Crippen LogP contribution in [0, 0.1) is 10.5 Å². The first-order valence-electron chi connectivity index (χ1n) is 5.91. The number of nitrogens with one attached hydrogen (secondary N) is 1. The molecule has 0 aliphatic heterocycles. The average Bonchev–Trinajstić information content (AvgIpc) is 2.59. The third-order valence-electron chi connectivity index (χ3n) is 3.11. The molecule has 96 valence electrons. The molecule has 3 nitrogen and oxygen atoms in total. The summed E-state index contributed by atoms with van der Waals surface area (Å²) in [6.45, 7) is 8.75. The number of halogens is 1. The number of rotatable bonds is 1. The zero-order chi connectivity index (χ0) is 13.5. The summed E-state index contributed by atoms with van der Waals surface area (Å²) in [5.41, 5.74) is 10.7. The Balaban J connectivity index is 2.61. The van der Waals surface area contributed by atoms with Crippen molar-refractivity contribution in [3.8, 4) is 11.3 Å². The summed E-state index contributed by atoms with van der Waals surface area (Å²) in [4.78, 5) is 0. The summed E-state index contributed by atoms with van der Waals surface area (Å²) in [5, 5.41) is 7.10. The second-order valence-corrected chi connectivity index (χ2v) is 6.66. The van der Waals surface area contributed by atoms with Gasteiger partial charge in [-0.15, -0.1) is 0 Å². The summed E-state index contributed by atoms with van der Waals surface area (Å²) in [6, 6.07) is 6.57. The molecule has 0 fully saturated rings. The predicted molar refractivity (Wildman–Crippen MR) is 84.6 cm³/mol. The zero-order valence-electron chi connectivity index (χ0n) is 11.1. The van der Waals surface area contributed by atoms with E-state index in [4.69, 9.17) is 5.73 Å². The fourth-order valence-corrected chi connectivity index (χ4v) is 2.41. The molecule has 0 bridgehead atoms. The summed E-state index contributed by atoms with van der Waals surface area (Å²) in [5.74, 6) is 0.561. The highest BCUT2D eigenvalue weighted by Gasteiger charge is 2.17. The van der Waals surface area contributed by atoms with Gasteiger partial charge in [-0.25, -0.2) is 0 Å². The number of aromatic amines is 1. The minimum atomic E-state index is 0.138. The molecule has 0 atom stereocenters. The lowest BCUT2D eigenvalue weighted by Crippen LogP contribution is -2.11. The van der Waals surface area contributed by atoms with Gasteiger partial charge in [-0.05, 0) is 52.1 Å². The fourth-order valence-electron chi connectivity index (χ4n) is 1.88. The monoisotopic (exact) mass is 355 g/mol. The van der Waals surface area contributed by atoms with Crippen LogP contribution in [0.15, 0.2) is 18.2 Å². The Kier molecular flexibility index (Phi) is 3.40. The number of hydrogen-bond acceptors (Lipinski definition) is 2. The van der Waals surface area contributed by atoms with Crippen molar-refractivity contribution in [3.63, 3.8) is 0 Å². The highest BCUT2D eigenvalue weighted by Crippen LogP contribution is 2.32. The molecule has 0 radical (unpaired) electrons. The SMILES string of the molecule is Cc1ccc(C(C)(C)C)cc1-c1[nH]nc(N)c1I. The minimum Gasteiger partial charge on any atom is -0.381 e. The Hall–Kier alpha value is -1.04. The van der Waals surface area contributed by atoms with E-state index in [-0.39, 0.29) is 5.41 Å². The lowest BCUT2D eigenvalue weighted by Gasteiger charge is -2.20. The summed E-state index contributed by atoms with van der Waals surface area (Å²) < 4.78 is 0.988. The van der Waals surface area contributed by atoms with E-state index in [1.807, 2.05) is 0 Å².